The van der Waals surface area contributed by atoms with Crippen LogP contribution in [0.1, 0.15) is 22.3 Å². The van der Waals surface area contributed by atoms with Crippen LogP contribution >= 0.6 is 0 Å². The Labute approximate surface area is 88.0 Å². The van der Waals surface area contributed by atoms with E-state index in [1.165, 1.54) is 0 Å². The molecule has 0 spiro atoms. The Morgan fingerprint density at radius 1 is 1.40 bits per heavy atom. The Kier molecular flexibility index (Phi) is 1.99. The SMILES string of the molecule is O=C1CCc2ccc(OCC3CO3)cc21. The highest BCUT2D eigenvalue weighted by Gasteiger charge is 2.24. The lowest BCUT2D eigenvalue weighted by Crippen LogP contribution is -2.04. The van der Waals surface area contributed by atoms with Crippen LogP contribution in [0.25, 0.3) is 0 Å². The number of ether oxygens (including phenoxy) is 2. The van der Waals surface area contributed by atoms with Crippen molar-refractivity contribution in [3.05, 3.63) is 29.3 Å². The Balaban J connectivity index is 1.78. The number of rotatable bonds is 3. The summed E-state index contributed by atoms with van der Waals surface area (Å²) in [5.74, 6) is 1.01. The first kappa shape index (κ1) is 8.92. The molecule has 2 aliphatic rings. The molecule has 1 aromatic carbocycles. The number of hydrogen-bond donors (Lipinski definition) is 0. The quantitative estimate of drug-likeness (QED) is 0.702. The molecule has 0 amide bonds. The van der Waals surface area contributed by atoms with Gasteiger partial charge in [-0.15, -0.1) is 0 Å². The maximum Gasteiger partial charge on any atom is 0.163 e. The lowest BCUT2D eigenvalue weighted by molar-refractivity contribution is 0.0994. The number of benzene rings is 1. The van der Waals surface area contributed by atoms with E-state index in [4.69, 9.17) is 9.47 Å². The number of carbonyl (C=O) groups excluding carboxylic acids is 1. The third-order valence-corrected chi connectivity index (χ3v) is 2.84. The molecule has 1 saturated heterocycles. The van der Waals surface area contributed by atoms with Crippen molar-refractivity contribution in [1.82, 2.24) is 0 Å². The molecule has 1 aliphatic heterocycles. The monoisotopic (exact) mass is 204 g/mol. The summed E-state index contributed by atoms with van der Waals surface area (Å²) in [5.41, 5.74) is 1.99. The molecule has 15 heavy (non-hydrogen) atoms. The highest BCUT2D eigenvalue weighted by atomic mass is 16.6. The lowest BCUT2D eigenvalue weighted by atomic mass is 10.1. The largest absolute Gasteiger partial charge is 0.491 e. The van der Waals surface area contributed by atoms with Gasteiger partial charge >= 0.3 is 0 Å². The highest BCUT2D eigenvalue weighted by Crippen LogP contribution is 2.26. The summed E-state index contributed by atoms with van der Waals surface area (Å²) >= 11 is 0. The predicted octanol–water partition coefficient (Wildman–Crippen LogP) is 1.59. The zero-order chi connectivity index (χ0) is 10.3. The molecule has 0 radical (unpaired) electrons. The second-order valence-electron chi connectivity index (χ2n) is 4.01. The minimum atomic E-state index is 0.234. The molecule has 1 heterocycles. The standard InChI is InChI=1S/C12H12O3/c13-12-4-2-8-1-3-9(5-11(8)12)14-6-10-7-15-10/h1,3,5,10H,2,4,6-7H2. The van der Waals surface area contributed by atoms with Gasteiger partial charge in [0.05, 0.1) is 6.61 Å². The van der Waals surface area contributed by atoms with Gasteiger partial charge in [0, 0.05) is 12.0 Å². The lowest BCUT2D eigenvalue weighted by Gasteiger charge is -2.05. The summed E-state index contributed by atoms with van der Waals surface area (Å²) in [6, 6.07) is 5.77. The number of Topliss-reactive ketones (excluding diaryl/α,β-unsaturated/α-hetero) is 1. The number of aryl methyl sites for hydroxylation is 1. The highest BCUT2D eigenvalue weighted by molar-refractivity contribution is 6.00. The molecule has 1 aliphatic carbocycles. The van der Waals surface area contributed by atoms with Crippen LogP contribution < -0.4 is 4.74 Å². The van der Waals surface area contributed by atoms with E-state index in [2.05, 4.69) is 0 Å². The summed E-state index contributed by atoms with van der Waals surface area (Å²) in [6.07, 6.45) is 1.78. The zero-order valence-corrected chi connectivity index (χ0v) is 8.36. The van der Waals surface area contributed by atoms with E-state index in [9.17, 15) is 4.79 Å². The van der Waals surface area contributed by atoms with Crippen molar-refractivity contribution < 1.29 is 14.3 Å². The van der Waals surface area contributed by atoms with Gasteiger partial charge in [-0.05, 0) is 24.1 Å². The van der Waals surface area contributed by atoms with E-state index in [1.54, 1.807) is 0 Å². The molecule has 0 N–H and O–H groups in total. The van der Waals surface area contributed by atoms with Gasteiger partial charge < -0.3 is 9.47 Å². The fourth-order valence-corrected chi connectivity index (χ4v) is 1.86. The first-order valence-corrected chi connectivity index (χ1v) is 5.23. The van der Waals surface area contributed by atoms with Gasteiger partial charge in [0.15, 0.2) is 5.78 Å². The van der Waals surface area contributed by atoms with Crippen LogP contribution in [0.15, 0.2) is 18.2 Å². The molecular weight excluding hydrogens is 192 g/mol. The third kappa shape index (κ3) is 1.75. The van der Waals surface area contributed by atoms with Gasteiger partial charge in [0.25, 0.3) is 0 Å². The Bertz CT molecular complexity index is 407. The molecule has 78 valence electrons. The number of fused-ring (bicyclic) bond motifs is 1. The van der Waals surface area contributed by atoms with Crippen molar-refractivity contribution in [2.24, 2.45) is 0 Å². The smallest absolute Gasteiger partial charge is 0.163 e. The van der Waals surface area contributed by atoms with Crippen molar-refractivity contribution >= 4 is 5.78 Å². The number of ketones is 1. The van der Waals surface area contributed by atoms with E-state index in [1.807, 2.05) is 18.2 Å². The first-order valence-electron chi connectivity index (χ1n) is 5.23. The maximum atomic E-state index is 11.5. The summed E-state index contributed by atoms with van der Waals surface area (Å²) in [6.45, 7) is 1.39. The molecule has 3 heteroatoms. The van der Waals surface area contributed by atoms with E-state index < -0.39 is 0 Å². The van der Waals surface area contributed by atoms with Crippen LogP contribution in [0.5, 0.6) is 5.75 Å². The normalized spacial score (nSPS) is 22.7. The Hall–Kier alpha value is -1.35. The zero-order valence-electron chi connectivity index (χ0n) is 8.36. The molecular formula is C12H12O3. The molecule has 0 aromatic heterocycles. The topological polar surface area (TPSA) is 38.8 Å². The molecule has 0 saturated carbocycles. The minimum Gasteiger partial charge on any atom is -0.491 e. The van der Waals surface area contributed by atoms with E-state index in [-0.39, 0.29) is 11.9 Å². The van der Waals surface area contributed by atoms with Gasteiger partial charge in [0.2, 0.25) is 0 Å². The molecule has 1 atom stereocenters. The van der Waals surface area contributed by atoms with Crippen molar-refractivity contribution in [1.29, 1.82) is 0 Å². The van der Waals surface area contributed by atoms with Crippen LogP contribution in [-0.4, -0.2) is 25.1 Å². The molecule has 1 fully saturated rings. The molecule has 3 rings (SSSR count). The van der Waals surface area contributed by atoms with Gasteiger partial charge in [-0.1, -0.05) is 6.07 Å². The average molecular weight is 204 g/mol. The van der Waals surface area contributed by atoms with Crippen LogP contribution in [0.4, 0.5) is 0 Å². The Morgan fingerprint density at radius 3 is 3.07 bits per heavy atom. The van der Waals surface area contributed by atoms with E-state index >= 15 is 0 Å². The summed E-state index contributed by atoms with van der Waals surface area (Å²) in [7, 11) is 0. The number of epoxide rings is 1. The van der Waals surface area contributed by atoms with E-state index in [0.717, 1.165) is 29.9 Å². The van der Waals surface area contributed by atoms with Gasteiger partial charge in [-0.25, -0.2) is 0 Å². The van der Waals surface area contributed by atoms with Gasteiger partial charge in [-0.3, -0.25) is 4.79 Å². The second-order valence-corrected chi connectivity index (χ2v) is 4.01. The summed E-state index contributed by atoms with van der Waals surface area (Å²) < 4.78 is 10.6. The molecule has 0 bridgehead atoms. The van der Waals surface area contributed by atoms with Crippen molar-refractivity contribution in [3.8, 4) is 5.75 Å². The fourth-order valence-electron chi connectivity index (χ4n) is 1.86. The molecule has 3 nitrogen and oxygen atoms in total. The number of carbonyl (C=O) groups is 1. The van der Waals surface area contributed by atoms with Crippen LogP contribution in [0.3, 0.4) is 0 Å². The second kappa shape index (κ2) is 3.35. The van der Waals surface area contributed by atoms with Crippen molar-refractivity contribution in [2.45, 2.75) is 18.9 Å². The van der Waals surface area contributed by atoms with Crippen LogP contribution in [-0.2, 0) is 11.2 Å². The maximum absolute atomic E-state index is 11.5. The molecule has 1 unspecified atom stereocenters. The summed E-state index contributed by atoms with van der Waals surface area (Å²) in [5, 5.41) is 0. The average Bonchev–Trinajstić information content (AvgIpc) is 3.02. The first-order chi connectivity index (χ1) is 7.33. The van der Waals surface area contributed by atoms with Crippen LogP contribution in [0.2, 0.25) is 0 Å². The minimum absolute atomic E-state index is 0.234. The van der Waals surface area contributed by atoms with Gasteiger partial charge in [0.1, 0.15) is 18.5 Å². The van der Waals surface area contributed by atoms with Crippen molar-refractivity contribution in [2.75, 3.05) is 13.2 Å². The summed E-state index contributed by atoms with van der Waals surface area (Å²) in [4.78, 5) is 11.5. The Morgan fingerprint density at radius 2 is 2.27 bits per heavy atom. The van der Waals surface area contributed by atoms with Crippen LogP contribution in [0, 0.1) is 0 Å². The van der Waals surface area contributed by atoms with Crippen molar-refractivity contribution in [3.63, 3.8) is 0 Å². The van der Waals surface area contributed by atoms with Gasteiger partial charge in [-0.2, -0.15) is 0 Å². The molecule has 1 aromatic rings. The predicted molar refractivity (Wildman–Crippen MR) is 54.3 cm³/mol. The third-order valence-electron chi connectivity index (χ3n) is 2.84. The van der Waals surface area contributed by atoms with E-state index in [0.29, 0.717) is 13.0 Å². The fraction of sp³-hybridized carbons (Fsp3) is 0.417. The number of hydrogen-bond acceptors (Lipinski definition) is 3.